The van der Waals surface area contributed by atoms with E-state index in [0.717, 1.165) is 12.1 Å². The van der Waals surface area contributed by atoms with Crippen molar-refractivity contribution in [2.24, 2.45) is 0 Å². The minimum atomic E-state index is -4.47. The van der Waals surface area contributed by atoms with Gasteiger partial charge in [-0.05, 0) is 30.5 Å². The molecule has 86 valence electrons. The minimum Gasteiger partial charge on any atom is -0.294 e. The topological polar surface area (TPSA) is 17.1 Å². The van der Waals surface area contributed by atoms with E-state index in [1.165, 1.54) is 0 Å². The highest BCUT2D eigenvalue weighted by molar-refractivity contribution is 6.32. The molecule has 1 aliphatic carbocycles. The summed E-state index contributed by atoms with van der Waals surface area (Å²) in [6, 6.07) is 2.13. The van der Waals surface area contributed by atoms with Crippen LogP contribution in [0.2, 0.25) is 5.02 Å². The summed E-state index contributed by atoms with van der Waals surface area (Å²) >= 11 is 5.54. The summed E-state index contributed by atoms with van der Waals surface area (Å²) in [5.41, 5.74) is -0.0696. The Hall–Kier alpha value is -1.03. The van der Waals surface area contributed by atoms with E-state index in [0.29, 0.717) is 30.4 Å². The second-order valence-corrected chi connectivity index (χ2v) is 4.17. The van der Waals surface area contributed by atoms with Crippen molar-refractivity contribution in [2.45, 2.75) is 25.4 Å². The first-order valence-corrected chi connectivity index (χ1v) is 5.20. The molecule has 0 saturated heterocycles. The first-order chi connectivity index (χ1) is 7.39. The molecule has 1 aromatic rings. The molecule has 0 amide bonds. The molecule has 2 rings (SSSR count). The van der Waals surface area contributed by atoms with E-state index in [1.54, 1.807) is 0 Å². The smallest absolute Gasteiger partial charge is 0.294 e. The van der Waals surface area contributed by atoms with Crippen LogP contribution in [0.1, 0.15) is 34.3 Å². The molecule has 0 aromatic heterocycles. The largest absolute Gasteiger partial charge is 0.417 e. The molecule has 0 unspecified atom stereocenters. The molecule has 1 aliphatic rings. The zero-order valence-electron chi connectivity index (χ0n) is 8.20. The van der Waals surface area contributed by atoms with Crippen LogP contribution in [0.5, 0.6) is 0 Å². The predicted octanol–water partition coefficient (Wildman–Crippen LogP) is 3.88. The third-order valence-electron chi connectivity index (χ3n) is 2.65. The monoisotopic (exact) mass is 248 g/mol. The van der Waals surface area contributed by atoms with Gasteiger partial charge >= 0.3 is 6.18 Å². The van der Waals surface area contributed by atoms with E-state index >= 15 is 0 Å². The van der Waals surface area contributed by atoms with Crippen molar-refractivity contribution >= 4 is 17.4 Å². The lowest BCUT2D eigenvalue weighted by molar-refractivity contribution is -0.137. The molecule has 0 N–H and O–H groups in total. The summed E-state index contributed by atoms with van der Waals surface area (Å²) in [5.74, 6) is -0.128. The van der Waals surface area contributed by atoms with Crippen LogP contribution in [0.25, 0.3) is 0 Å². The van der Waals surface area contributed by atoms with Crippen LogP contribution < -0.4 is 0 Å². The third kappa shape index (κ3) is 1.94. The van der Waals surface area contributed by atoms with Crippen LogP contribution in [-0.4, -0.2) is 5.78 Å². The van der Waals surface area contributed by atoms with Gasteiger partial charge in [0.05, 0.1) is 10.6 Å². The molecule has 0 aliphatic heterocycles. The van der Waals surface area contributed by atoms with Crippen LogP contribution in [0.4, 0.5) is 13.2 Å². The number of halogens is 4. The van der Waals surface area contributed by atoms with Gasteiger partial charge in [-0.15, -0.1) is 0 Å². The fourth-order valence-electron chi connectivity index (χ4n) is 1.88. The van der Waals surface area contributed by atoms with Gasteiger partial charge in [-0.1, -0.05) is 11.6 Å². The van der Waals surface area contributed by atoms with Crippen molar-refractivity contribution in [3.8, 4) is 0 Å². The quantitative estimate of drug-likeness (QED) is 0.681. The lowest BCUT2D eigenvalue weighted by Gasteiger charge is -2.18. The number of carbonyl (C=O) groups is 1. The number of rotatable bonds is 0. The molecular formula is C11H8ClF3O. The average Bonchev–Trinajstić information content (AvgIpc) is 2.17. The lowest BCUT2D eigenvalue weighted by Crippen LogP contribution is -2.14. The minimum absolute atomic E-state index is 0.128. The number of benzene rings is 1. The highest BCUT2D eigenvalue weighted by Crippen LogP contribution is 2.37. The number of hydrogen-bond acceptors (Lipinski definition) is 1. The summed E-state index contributed by atoms with van der Waals surface area (Å²) in [5, 5.41) is -0.401. The van der Waals surface area contributed by atoms with Crippen molar-refractivity contribution in [3.63, 3.8) is 0 Å². The van der Waals surface area contributed by atoms with E-state index in [2.05, 4.69) is 0 Å². The van der Waals surface area contributed by atoms with Gasteiger partial charge in [-0.25, -0.2) is 0 Å². The van der Waals surface area contributed by atoms with Crippen LogP contribution in [0, 0.1) is 0 Å². The molecule has 0 saturated carbocycles. The lowest BCUT2D eigenvalue weighted by atomic mass is 9.89. The first kappa shape index (κ1) is 11.5. The molecular weight excluding hydrogens is 241 g/mol. The molecule has 0 heterocycles. The van der Waals surface area contributed by atoms with Gasteiger partial charge in [0.1, 0.15) is 0 Å². The maximum Gasteiger partial charge on any atom is 0.417 e. The van der Waals surface area contributed by atoms with Crippen LogP contribution in [0.3, 0.4) is 0 Å². The average molecular weight is 249 g/mol. The Morgan fingerprint density at radius 1 is 1.19 bits per heavy atom. The van der Waals surface area contributed by atoms with E-state index in [4.69, 9.17) is 11.6 Å². The highest BCUT2D eigenvalue weighted by atomic mass is 35.5. The van der Waals surface area contributed by atoms with Gasteiger partial charge in [-0.3, -0.25) is 4.79 Å². The standard InChI is InChI=1S/C11H8ClF3O/c12-9-5-7-6(2-1-3-10(7)16)4-8(9)11(13,14)15/h4-5H,1-3H2. The molecule has 1 nitrogen and oxygen atoms in total. The summed E-state index contributed by atoms with van der Waals surface area (Å²) in [4.78, 5) is 11.5. The molecule has 0 spiro atoms. The predicted molar refractivity (Wildman–Crippen MR) is 53.7 cm³/mol. The van der Waals surface area contributed by atoms with E-state index in [1.807, 2.05) is 0 Å². The zero-order chi connectivity index (χ0) is 11.9. The number of ketones is 1. The number of alkyl halides is 3. The molecule has 0 atom stereocenters. The second-order valence-electron chi connectivity index (χ2n) is 3.76. The van der Waals surface area contributed by atoms with Crippen molar-refractivity contribution in [1.82, 2.24) is 0 Å². The normalized spacial score (nSPS) is 16.1. The Bertz CT molecular complexity index is 451. The van der Waals surface area contributed by atoms with Crippen molar-refractivity contribution < 1.29 is 18.0 Å². The van der Waals surface area contributed by atoms with Crippen LogP contribution in [0.15, 0.2) is 12.1 Å². The van der Waals surface area contributed by atoms with Gasteiger partial charge in [0.25, 0.3) is 0 Å². The number of Topliss-reactive ketones (excluding diaryl/α,β-unsaturated/α-hetero) is 1. The second kappa shape index (κ2) is 3.77. The number of carbonyl (C=O) groups excluding carboxylic acids is 1. The van der Waals surface area contributed by atoms with Gasteiger partial charge < -0.3 is 0 Å². The molecule has 1 aromatic carbocycles. The van der Waals surface area contributed by atoms with Crippen molar-refractivity contribution in [1.29, 1.82) is 0 Å². The number of aryl methyl sites for hydroxylation is 1. The fraction of sp³-hybridized carbons (Fsp3) is 0.364. The summed E-state index contributed by atoms with van der Waals surface area (Å²) in [6.07, 6.45) is -2.98. The Balaban J connectivity index is 2.57. The van der Waals surface area contributed by atoms with E-state index in [-0.39, 0.29) is 5.78 Å². The van der Waals surface area contributed by atoms with Crippen LogP contribution >= 0.6 is 11.6 Å². The van der Waals surface area contributed by atoms with Gasteiger partial charge in [0.15, 0.2) is 5.78 Å². The molecule has 0 radical (unpaired) electrons. The van der Waals surface area contributed by atoms with Gasteiger partial charge in [0, 0.05) is 12.0 Å². The van der Waals surface area contributed by atoms with Gasteiger partial charge in [-0.2, -0.15) is 13.2 Å². The van der Waals surface area contributed by atoms with Gasteiger partial charge in [0.2, 0.25) is 0 Å². The van der Waals surface area contributed by atoms with Crippen molar-refractivity contribution in [2.75, 3.05) is 0 Å². The fourth-order valence-corrected chi connectivity index (χ4v) is 2.15. The summed E-state index contributed by atoms with van der Waals surface area (Å²) < 4.78 is 37.6. The maximum atomic E-state index is 12.5. The Labute approximate surface area is 95.2 Å². The summed E-state index contributed by atoms with van der Waals surface area (Å²) in [7, 11) is 0. The zero-order valence-corrected chi connectivity index (χ0v) is 8.95. The molecule has 0 bridgehead atoms. The van der Waals surface area contributed by atoms with E-state index in [9.17, 15) is 18.0 Å². The van der Waals surface area contributed by atoms with Crippen LogP contribution in [-0.2, 0) is 12.6 Å². The maximum absolute atomic E-state index is 12.5. The summed E-state index contributed by atoms with van der Waals surface area (Å²) in [6.45, 7) is 0. The number of fused-ring (bicyclic) bond motifs is 1. The SMILES string of the molecule is O=C1CCCc2cc(C(F)(F)F)c(Cl)cc21. The Kier molecular flexibility index (Phi) is 2.70. The number of hydrogen-bond donors (Lipinski definition) is 0. The highest BCUT2D eigenvalue weighted by Gasteiger charge is 2.34. The van der Waals surface area contributed by atoms with E-state index < -0.39 is 16.8 Å². The first-order valence-electron chi connectivity index (χ1n) is 4.82. The Morgan fingerprint density at radius 2 is 1.88 bits per heavy atom. The molecule has 0 fully saturated rings. The third-order valence-corrected chi connectivity index (χ3v) is 2.96. The Morgan fingerprint density at radius 3 is 2.50 bits per heavy atom. The molecule has 5 heteroatoms. The molecule has 16 heavy (non-hydrogen) atoms. The van der Waals surface area contributed by atoms with Crippen molar-refractivity contribution in [3.05, 3.63) is 33.8 Å².